The number of benzene rings is 6. The third-order valence-corrected chi connectivity index (χ3v) is 12.5. The summed E-state index contributed by atoms with van der Waals surface area (Å²) in [5.74, 6) is 0. The number of para-hydroxylation sites is 4. The molecule has 0 fully saturated rings. The average molecular weight is 716 g/mol. The van der Waals surface area contributed by atoms with Crippen LogP contribution in [-0.4, -0.2) is 33.6 Å². The van der Waals surface area contributed by atoms with Gasteiger partial charge in [0.05, 0.1) is 0 Å². The minimum atomic E-state index is 0.0900. The van der Waals surface area contributed by atoms with Gasteiger partial charge in [-0.2, -0.15) is 0 Å². The molecule has 5 heterocycles. The summed E-state index contributed by atoms with van der Waals surface area (Å²) < 4.78 is 7.18. The second kappa shape index (κ2) is 11.1. The summed E-state index contributed by atoms with van der Waals surface area (Å²) in [6.45, 7) is 0. The van der Waals surface area contributed by atoms with Crippen LogP contribution in [0.3, 0.4) is 0 Å². The van der Waals surface area contributed by atoms with Crippen molar-refractivity contribution in [3.8, 4) is 33.6 Å². The Bertz CT molecular complexity index is 3130. The van der Waals surface area contributed by atoms with E-state index in [0.717, 1.165) is 16.8 Å². The van der Waals surface area contributed by atoms with E-state index in [-0.39, 0.29) is 14.5 Å². The SMILES string of the molecule is c1ccc(-n2c3ccccc3c3cc(-c4cnc5[se]c6cncc(-c7ccc8c(c7)c7ccccc7n8-c7ccccc7)c6c5c4)ccc32)cc1. The number of aromatic nitrogens is 4. The monoisotopic (exact) mass is 716 g/mol. The normalized spacial score (nSPS) is 11.9. The maximum atomic E-state index is 5.10. The molecule has 0 aliphatic carbocycles. The van der Waals surface area contributed by atoms with Gasteiger partial charge in [0.1, 0.15) is 0 Å². The number of pyridine rings is 2. The van der Waals surface area contributed by atoms with Gasteiger partial charge in [-0.15, -0.1) is 0 Å². The van der Waals surface area contributed by atoms with Crippen molar-refractivity contribution in [2.75, 3.05) is 0 Å². The molecule has 0 saturated carbocycles. The molecule has 0 radical (unpaired) electrons. The molecule has 11 aromatic rings. The second-order valence-corrected chi connectivity index (χ2v) is 15.2. The molecule has 238 valence electrons. The van der Waals surface area contributed by atoms with Crippen LogP contribution in [0.25, 0.3) is 96.7 Å². The van der Waals surface area contributed by atoms with Gasteiger partial charge in [0.15, 0.2) is 0 Å². The molecule has 0 unspecified atom stereocenters. The van der Waals surface area contributed by atoms with E-state index in [1.54, 1.807) is 0 Å². The predicted molar refractivity (Wildman–Crippen MR) is 214 cm³/mol. The van der Waals surface area contributed by atoms with Crippen LogP contribution in [0.1, 0.15) is 0 Å². The number of rotatable bonds is 4. The van der Waals surface area contributed by atoms with E-state index in [4.69, 9.17) is 9.97 Å². The van der Waals surface area contributed by atoms with Gasteiger partial charge in [0, 0.05) is 0 Å². The zero-order chi connectivity index (χ0) is 33.5. The summed E-state index contributed by atoms with van der Waals surface area (Å²) in [4.78, 5) is 9.86. The zero-order valence-corrected chi connectivity index (χ0v) is 29.1. The molecular formula is C46H28N4Se. The van der Waals surface area contributed by atoms with Crippen LogP contribution in [0.5, 0.6) is 0 Å². The fourth-order valence-corrected chi connectivity index (χ4v) is 10.1. The zero-order valence-electron chi connectivity index (χ0n) is 27.4. The van der Waals surface area contributed by atoms with Crippen LogP contribution in [0.4, 0.5) is 0 Å². The molecule has 0 atom stereocenters. The van der Waals surface area contributed by atoms with Crippen molar-refractivity contribution in [1.82, 2.24) is 19.1 Å². The standard InChI is InChI=1S/C46H28N4Se/c1-3-11-32(12-4-1)49-40-17-9-7-15-34(40)36-23-29(19-21-42(36)49)31-25-38-45-39(27-47-28-44(45)51-46(38)48-26-31)30-20-22-43-37(24-30)35-16-8-10-18-41(35)50(43)33-13-5-2-6-14-33/h1-28H. The average Bonchev–Trinajstić information content (AvgIpc) is 3.85. The predicted octanol–water partition coefficient (Wildman–Crippen LogP) is 11.4. The molecule has 6 aromatic carbocycles. The van der Waals surface area contributed by atoms with Gasteiger partial charge in [-0.1, -0.05) is 6.07 Å². The Labute approximate surface area is 299 Å². The van der Waals surface area contributed by atoms with Crippen LogP contribution in [0, 0.1) is 0 Å². The van der Waals surface area contributed by atoms with Crippen LogP contribution in [0.2, 0.25) is 0 Å². The molecule has 0 spiro atoms. The summed E-state index contributed by atoms with van der Waals surface area (Å²) in [5, 5.41) is 7.46. The van der Waals surface area contributed by atoms with Crippen molar-refractivity contribution < 1.29 is 0 Å². The first kappa shape index (κ1) is 28.6. The first-order chi connectivity index (χ1) is 25.3. The van der Waals surface area contributed by atoms with E-state index in [2.05, 4.69) is 167 Å². The number of hydrogen-bond donors (Lipinski definition) is 0. The Morgan fingerprint density at radius 1 is 0.412 bits per heavy atom. The number of fused-ring (bicyclic) bond motifs is 9. The van der Waals surface area contributed by atoms with Crippen molar-refractivity contribution in [2.45, 2.75) is 0 Å². The van der Waals surface area contributed by atoms with E-state index >= 15 is 0 Å². The molecule has 4 nitrogen and oxygen atoms in total. The van der Waals surface area contributed by atoms with Gasteiger partial charge >= 0.3 is 294 Å². The molecule has 0 saturated heterocycles. The van der Waals surface area contributed by atoms with Gasteiger partial charge in [-0.25, -0.2) is 0 Å². The second-order valence-electron chi connectivity index (χ2n) is 13.1. The maximum absolute atomic E-state index is 5.10. The Hall–Kier alpha value is -6.26. The van der Waals surface area contributed by atoms with Crippen molar-refractivity contribution in [3.05, 3.63) is 170 Å². The third-order valence-electron chi connectivity index (χ3n) is 10.3. The van der Waals surface area contributed by atoms with Gasteiger partial charge in [-0.3, -0.25) is 0 Å². The Morgan fingerprint density at radius 2 is 0.941 bits per heavy atom. The van der Waals surface area contributed by atoms with Gasteiger partial charge < -0.3 is 0 Å². The summed E-state index contributed by atoms with van der Waals surface area (Å²) in [6, 6.07) is 54.7. The summed E-state index contributed by atoms with van der Waals surface area (Å²) in [7, 11) is 0. The van der Waals surface area contributed by atoms with Crippen molar-refractivity contribution in [3.63, 3.8) is 0 Å². The van der Waals surface area contributed by atoms with Crippen LogP contribution >= 0.6 is 0 Å². The molecule has 0 amide bonds. The Balaban J connectivity index is 1.09. The minimum absolute atomic E-state index is 0.0900. The quantitative estimate of drug-likeness (QED) is 0.170. The van der Waals surface area contributed by atoms with E-state index in [1.807, 2.05) is 12.4 Å². The topological polar surface area (TPSA) is 35.6 Å². The molecule has 11 rings (SSSR count). The van der Waals surface area contributed by atoms with E-state index in [1.165, 1.54) is 79.8 Å². The molecule has 0 bridgehead atoms. The van der Waals surface area contributed by atoms with Crippen LogP contribution in [-0.2, 0) is 0 Å². The fourth-order valence-electron chi connectivity index (χ4n) is 7.99. The van der Waals surface area contributed by atoms with Gasteiger partial charge in [0.2, 0.25) is 0 Å². The number of nitrogens with zero attached hydrogens (tertiary/aromatic N) is 4. The molecule has 5 aromatic heterocycles. The molecule has 51 heavy (non-hydrogen) atoms. The number of hydrogen-bond acceptors (Lipinski definition) is 2. The van der Waals surface area contributed by atoms with Crippen LogP contribution in [0.15, 0.2) is 170 Å². The molecule has 5 heteroatoms. The van der Waals surface area contributed by atoms with Crippen molar-refractivity contribution in [2.24, 2.45) is 0 Å². The van der Waals surface area contributed by atoms with E-state index in [0.29, 0.717) is 0 Å². The summed E-state index contributed by atoms with van der Waals surface area (Å²) in [6.07, 6.45) is 6.14. The summed E-state index contributed by atoms with van der Waals surface area (Å²) in [5.41, 5.74) is 11.8. The van der Waals surface area contributed by atoms with Crippen molar-refractivity contribution in [1.29, 1.82) is 0 Å². The first-order valence-electron chi connectivity index (χ1n) is 17.1. The van der Waals surface area contributed by atoms with Crippen LogP contribution < -0.4 is 0 Å². The Morgan fingerprint density at radius 3 is 1.59 bits per heavy atom. The van der Waals surface area contributed by atoms with Gasteiger partial charge in [-0.05, 0) is 0 Å². The van der Waals surface area contributed by atoms with Crippen molar-refractivity contribution >= 4 is 77.5 Å². The first-order valence-corrected chi connectivity index (χ1v) is 18.9. The van der Waals surface area contributed by atoms with E-state index in [9.17, 15) is 0 Å². The van der Waals surface area contributed by atoms with Gasteiger partial charge in [0.25, 0.3) is 0 Å². The Kier molecular flexibility index (Phi) is 6.23. The molecule has 0 aliphatic rings. The third kappa shape index (κ3) is 4.32. The van der Waals surface area contributed by atoms with E-state index < -0.39 is 0 Å². The molecular weight excluding hydrogens is 687 g/mol. The molecule has 0 aliphatic heterocycles. The summed E-state index contributed by atoms with van der Waals surface area (Å²) >= 11 is 0.0900. The fraction of sp³-hybridized carbons (Fsp3) is 0. The molecule has 0 N–H and O–H groups in total.